The fourth-order valence-electron chi connectivity index (χ4n) is 2.28. The highest BCUT2D eigenvalue weighted by Gasteiger charge is 2.18. The smallest absolute Gasteiger partial charge is 0.0342 e. The molecule has 0 aliphatic heterocycles. The lowest BCUT2D eigenvalue weighted by atomic mass is 9.87. The molecule has 0 bridgehead atoms. The van der Waals surface area contributed by atoms with Crippen molar-refractivity contribution in [3.8, 4) is 0 Å². The molecule has 1 aromatic carbocycles. The van der Waals surface area contributed by atoms with Crippen LogP contribution in [0.2, 0.25) is 0 Å². The molecule has 0 saturated heterocycles. The van der Waals surface area contributed by atoms with Crippen LogP contribution in [0.15, 0.2) is 24.3 Å². The molecule has 1 heteroatoms. The molecule has 14 heavy (non-hydrogen) atoms. The van der Waals surface area contributed by atoms with Crippen molar-refractivity contribution in [2.24, 2.45) is 5.92 Å². The molecular weight excluding hydrogens is 170 g/mol. The normalized spacial score (nSPS) is 27.2. The van der Waals surface area contributed by atoms with Gasteiger partial charge < -0.3 is 5.32 Å². The number of nitrogens with one attached hydrogen (secondary N) is 1. The third kappa shape index (κ3) is 2.50. The zero-order chi connectivity index (χ0) is 9.80. The maximum absolute atomic E-state index is 3.59. The van der Waals surface area contributed by atoms with E-state index in [4.69, 9.17) is 0 Å². The zero-order valence-corrected chi connectivity index (χ0v) is 8.79. The summed E-state index contributed by atoms with van der Waals surface area (Å²) >= 11 is 0. The Morgan fingerprint density at radius 1 is 1.29 bits per heavy atom. The van der Waals surface area contributed by atoms with Crippen molar-refractivity contribution in [3.63, 3.8) is 0 Å². The second-order valence-corrected chi connectivity index (χ2v) is 4.40. The average molecular weight is 188 g/mol. The van der Waals surface area contributed by atoms with Crippen molar-refractivity contribution in [2.45, 2.75) is 38.6 Å². The van der Waals surface area contributed by atoms with Crippen molar-refractivity contribution in [1.82, 2.24) is 0 Å². The Bertz CT molecular complexity index is 268. The van der Waals surface area contributed by atoms with Crippen LogP contribution in [0.3, 0.4) is 0 Å². The van der Waals surface area contributed by atoms with Crippen molar-refractivity contribution in [3.05, 3.63) is 30.3 Å². The Morgan fingerprint density at radius 3 is 2.79 bits per heavy atom. The predicted octanol–water partition coefficient (Wildman–Crippen LogP) is 3.48. The Morgan fingerprint density at radius 2 is 2.07 bits per heavy atom. The van der Waals surface area contributed by atoms with Crippen LogP contribution in [0.25, 0.3) is 0 Å². The van der Waals surface area contributed by atoms with Crippen LogP contribution in [-0.2, 0) is 0 Å². The first kappa shape index (κ1) is 9.57. The van der Waals surface area contributed by atoms with Crippen LogP contribution in [0.4, 0.5) is 5.69 Å². The molecule has 2 rings (SSSR count). The highest BCUT2D eigenvalue weighted by atomic mass is 14.9. The fourth-order valence-corrected chi connectivity index (χ4v) is 2.28. The summed E-state index contributed by atoms with van der Waals surface area (Å²) < 4.78 is 0. The predicted molar refractivity (Wildman–Crippen MR) is 60.3 cm³/mol. The second kappa shape index (κ2) is 4.50. The van der Waals surface area contributed by atoms with E-state index >= 15 is 0 Å². The number of anilines is 1. The maximum Gasteiger partial charge on any atom is 0.0342 e. The number of rotatable bonds is 2. The first-order chi connectivity index (χ1) is 6.84. The van der Waals surface area contributed by atoms with E-state index in [1.54, 1.807) is 0 Å². The van der Waals surface area contributed by atoms with E-state index in [9.17, 15) is 0 Å². The van der Waals surface area contributed by atoms with E-state index < -0.39 is 0 Å². The summed E-state index contributed by atoms with van der Waals surface area (Å²) in [6.45, 7) is 2.35. The molecule has 0 aromatic heterocycles. The molecule has 1 N–H and O–H groups in total. The van der Waals surface area contributed by atoms with Crippen LogP contribution < -0.4 is 5.32 Å². The van der Waals surface area contributed by atoms with Gasteiger partial charge in [0.1, 0.15) is 0 Å². The van der Waals surface area contributed by atoms with Gasteiger partial charge >= 0.3 is 0 Å². The van der Waals surface area contributed by atoms with E-state index in [1.165, 1.54) is 31.4 Å². The van der Waals surface area contributed by atoms with Crippen LogP contribution >= 0.6 is 0 Å². The molecular formula is C13H18N. The molecule has 1 aliphatic carbocycles. The summed E-state index contributed by atoms with van der Waals surface area (Å²) in [5.74, 6) is 0.886. The molecule has 1 radical (unpaired) electrons. The number of benzene rings is 1. The van der Waals surface area contributed by atoms with Gasteiger partial charge in [-0.1, -0.05) is 31.9 Å². The summed E-state index contributed by atoms with van der Waals surface area (Å²) in [5.41, 5.74) is 1.24. The molecule has 1 fully saturated rings. The molecule has 0 spiro atoms. The van der Waals surface area contributed by atoms with E-state index in [1.807, 2.05) is 12.1 Å². The molecule has 0 heterocycles. The molecule has 1 saturated carbocycles. The molecule has 2 atom stereocenters. The topological polar surface area (TPSA) is 12.0 Å². The van der Waals surface area contributed by atoms with Gasteiger partial charge in [0, 0.05) is 11.7 Å². The SMILES string of the molecule is CC1CCCC(Nc2cc[c]cc2)C1. The minimum absolute atomic E-state index is 0.682. The quantitative estimate of drug-likeness (QED) is 0.749. The molecule has 0 amide bonds. The van der Waals surface area contributed by atoms with Crippen molar-refractivity contribution in [1.29, 1.82) is 0 Å². The zero-order valence-electron chi connectivity index (χ0n) is 8.79. The van der Waals surface area contributed by atoms with Gasteiger partial charge in [-0.15, -0.1) is 0 Å². The van der Waals surface area contributed by atoms with Crippen molar-refractivity contribution >= 4 is 5.69 Å². The first-order valence-electron chi connectivity index (χ1n) is 5.57. The Hall–Kier alpha value is -0.980. The van der Waals surface area contributed by atoms with E-state index in [0.29, 0.717) is 6.04 Å². The van der Waals surface area contributed by atoms with Crippen molar-refractivity contribution in [2.75, 3.05) is 5.32 Å². The molecule has 75 valence electrons. The van der Waals surface area contributed by atoms with Gasteiger partial charge in [-0.3, -0.25) is 0 Å². The fraction of sp³-hybridized carbons (Fsp3) is 0.538. The van der Waals surface area contributed by atoms with Crippen LogP contribution in [0, 0.1) is 12.0 Å². The summed E-state index contributed by atoms with van der Waals surface area (Å²) in [7, 11) is 0. The van der Waals surface area contributed by atoms with E-state index in [2.05, 4.69) is 30.4 Å². The highest BCUT2D eigenvalue weighted by molar-refractivity contribution is 5.43. The van der Waals surface area contributed by atoms with Gasteiger partial charge in [0.15, 0.2) is 0 Å². The third-order valence-corrected chi connectivity index (χ3v) is 3.03. The van der Waals surface area contributed by atoms with Crippen LogP contribution in [0.5, 0.6) is 0 Å². The lowest BCUT2D eigenvalue weighted by Crippen LogP contribution is -2.26. The first-order valence-corrected chi connectivity index (χ1v) is 5.57. The molecule has 1 nitrogen and oxygen atoms in total. The summed E-state index contributed by atoms with van der Waals surface area (Å²) in [5, 5.41) is 3.59. The lowest BCUT2D eigenvalue weighted by molar-refractivity contribution is 0.358. The summed E-state index contributed by atoms with van der Waals surface area (Å²) in [4.78, 5) is 0. The largest absolute Gasteiger partial charge is 0.382 e. The van der Waals surface area contributed by atoms with Gasteiger partial charge in [-0.25, -0.2) is 0 Å². The minimum atomic E-state index is 0.682. The van der Waals surface area contributed by atoms with Gasteiger partial charge in [0.05, 0.1) is 0 Å². The van der Waals surface area contributed by atoms with Crippen LogP contribution in [-0.4, -0.2) is 6.04 Å². The number of hydrogen-bond acceptors (Lipinski definition) is 1. The minimum Gasteiger partial charge on any atom is -0.382 e. The summed E-state index contributed by atoms with van der Waals surface area (Å²) in [6, 6.07) is 11.8. The Labute approximate surface area is 86.5 Å². The van der Waals surface area contributed by atoms with E-state index in [-0.39, 0.29) is 0 Å². The maximum atomic E-state index is 3.59. The molecule has 1 aliphatic rings. The van der Waals surface area contributed by atoms with Crippen molar-refractivity contribution < 1.29 is 0 Å². The molecule has 2 unspecified atom stereocenters. The summed E-state index contributed by atoms with van der Waals surface area (Å²) in [6.07, 6.45) is 5.42. The van der Waals surface area contributed by atoms with Crippen LogP contribution in [0.1, 0.15) is 32.6 Å². The van der Waals surface area contributed by atoms with Gasteiger partial charge in [-0.05, 0) is 37.0 Å². The standard InChI is InChI=1S/C13H18N/c1-11-6-5-9-13(10-11)14-12-7-3-2-4-8-12/h3-4,7-8,11,13-14H,5-6,9-10H2,1H3. The Balaban J connectivity index is 1.91. The highest BCUT2D eigenvalue weighted by Crippen LogP contribution is 2.25. The average Bonchev–Trinajstić information content (AvgIpc) is 2.19. The number of hydrogen-bond donors (Lipinski definition) is 1. The lowest BCUT2D eigenvalue weighted by Gasteiger charge is -2.28. The monoisotopic (exact) mass is 188 g/mol. The van der Waals surface area contributed by atoms with Gasteiger partial charge in [-0.2, -0.15) is 0 Å². The second-order valence-electron chi connectivity index (χ2n) is 4.40. The molecule has 1 aromatic rings. The van der Waals surface area contributed by atoms with E-state index in [0.717, 1.165) is 5.92 Å². The Kier molecular flexibility index (Phi) is 3.07. The third-order valence-electron chi connectivity index (χ3n) is 3.03. The van der Waals surface area contributed by atoms with Gasteiger partial charge in [0.2, 0.25) is 0 Å². The van der Waals surface area contributed by atoms with Gasteiger partial charge in [0.25, 0.3) is 0 Å².